The van der Waals surface area contributed by atoms with Gasteiger partial charge < -0.3 is 5.73 Å². The fourth-order valence-electron chi connectivity index (χ4n) is 1.63. The molecule has 1 heterocycles. The van der Waals surface area contributed by atoms with Crippen LogP contribution in [0.15, 0.2) is 16.6 Å². The van der Waals surface area contributed by atoms with Gasteiger partial charge in [-0.1, -0.05) is 12.1 Å². The summed E-state index contributed by atoms with van der Waals surface area (Å²) >= 11 is 3.35. The number of amides is 2. The number of hydrogen-bond acceptors (Lipinski definition) is 2. The average molecular weight is 255 g/mol. The Bertz CT molecular complexity index is 394. The summed E-state index contributed by atoms with van der Waals surface area (Å²) in [6, 6.07) is 6.25. The lowest BCUT2D eigenvalue weighted by molar-refractivity contribution is 0.234. The van der Waals surface area contributed by atoms with Crippen LogP contribution in [0.5, 0.6) is 0 Å². The van der Waals surface area contributed by atoms with Crippen LogP contribution in [0.4, 0.5) is 10.5 Å². The number of urea groups is 1. The number of nitrogens with zero attached hydrogens (tertiary/aromatic N) is 2. The summed E-state index contributed by atoms with van der Waals surface area (Å²) in [7, 11) is 1.82. The Balaban J connectivity index is 2.55. The summed E-state index contributed by atoms with van der Waals surface area (Å²) < 4.78 is 0.762. The zero-order valence-electron chi connectivity index (χ0n) is 7.62. The minimum Gasteiger partial charge on any atom is -0.350 e. The number of anilines is 1. The molecule has 0 saturated carbocycles. The zero-order valence-corrected chi connectivity index (χ0v) is 9.21. The standard InChI is InChI=1S/C9H9BrN3O/c1-12-5-6-3-2-4-7(10)8(6)13(12)9(11)14/h2-3H,5H2,1H3,(H2,11,14). The van der Waals surface area contributed by atoms with E-state index >= 15 is 0 Å². The Morgan fingerprint density at radius 3 is 3.07 bits per heavy atom. The molecule has 5 heteroatoms. The van der Waals surface area contributed by atoms with Crippen LogP contribution in [-0.4, -0.2) is 18.1 Å². The second-order valence-corrected chi connectivity index (χ2v) is 3.92. The lowest BCUT2D eigenvalue weighted by atomic mass is 10.2. The number of primary amides is 1. The molecule has 0 fully saturated rings. The van der Waals surface area contributed by atoms with Crippen molar-refractivity contribution in [2.24, 2.45) is 5.73 Å². The highest BCUT2D eigenvalue weighted by Gasteiger charge is 2.29. The molecule has 2 N–H and O–H groups in total. The van der Waals surface area contributed by atoms with Gasteiger partial charge in [0.2, 0.25) is 0 Å². The van der Waals surface area contributed by atoms with E-state index in [1.54, 1.807) is 5.01 Å². The molecule has 0 bridgehead atoms. The van der Waals surface area contributed by atoms with Gasteiger partial charge in [0, 0.05) is 13.6 Å². The number of carbonyl (C=O) groups is 1. The number of nitrogens with two attached hydrogens (primary N) is 1. The fraction of sp³-hybridized carbons (Fsp3) is 0.222. The summed E-state index contributed by atoms with van der Waals surface area (Å²) in [5.74, 6) is 0. The van der Waals surface area contributed by atoms with E-state index in [0.717, 1.165) is 15.7 Å². The Labute approximate surface area is 90.4 Å². The van der Waals surface area contributed by atoms with Gasteiger partial charge in [-0.15, -0.1) is 0 Å². The van der Waals surface area contributed by atoms with E-state index in [9.17, 15) is 4.79 Å². The van der Waals surface area contributed by atoms with Gasteiger partial charge in [-0.05, 0) is 27.6 Å². The molecule has 0 saturated heterocycles. The van der Waals surface area contributed by atoms with E-state index in [-0.39, 0.29) is 0 Å². The molecule has 1 aromatic rings. The number of hydrogen-bond donors (Lipinski definition) is 1. The number of benzene rings is 1. The first-order valence-electron chi connectivity index (χ1n) is 4.11. The molecule has 1 aromatic carbocycles. The van der Waals surface area contributed by atoms with Crippen molar-refractivity contribution in [1.82, 2.24) is 5.01 Å². The largest absolute Gasteiger partial charge is 0.350 e. The molecule has 1 aliphatic rings. The van der Waals surface area contributed by atoms with Gasteiger partial charge >= 0.3 is 6.03 Å². The SMILES string of the molecule is CN1Cc2cc[c]c(Br)c2N1C(N)=O. The highest BCUT2D eigenvalue weighted by molar-refractivity contribution is 9.10. The molecule has 0 spiro atoms. The molecule has 0 aliphatic carbocycles. The van der Waals surface area contributed by atoms with Crippen molar-refractivity contribution >= 4 is 27.6 Å². The third-order valence-electron chi connectivity index (χ3n) is 2.17. The molecule has 73 valence electrons. The summed E-state index contributed by atoms with van der Waals surface area (Å²) in [5.41, 5.74) is 7.14. The normalized spacial score (nSPS) is 15.7. The van der Waals surface area contributed by atoms with Gasteiger partial charge in [-0.25, -0.2) is 14.8 Å². The van der Waals surface area contributed by atoms with Crippen LogP contribution in [0.2, 0.25) is 0 Å². The van der Waals surface area contributed by atoms with E-state index in [2.05, 4.69) is 22.0 Å². The van der Waals surface area contributed by atoms with Crippen molar-refractivity contribution in [1.29, 1.82) is 0 Å². The second kappa shape index (κ2) is 3.25. The maximum atomic E-state index is 11.2. The van der Waals surface area contributed by atoms with Crippen LogP contribution >= 0.6 is 15.9 Å². The molecule has 1 aliphatic heterocycles. The minimum atomic E-state index is -0.480. The predicted molar refractivity (Wildman–Crippen MR) is 56.5 cm³/mol. The molecular weight excluding hydrogens is 246 g/mol. The summed E-state index contributed by atoms with van der Waals surface area (Å²) in [5, 5.41) is 3.21. The average Bonchev–Trinajstić information content (AvgIpc) is 2.42. The number of fused-ring (bicyclic) bond motifs is 1. The van der Waals surface area contributed by atoms with Crippen LogP contribution in [0.1, 0.15) is 5.56 Å². The first kappa shape index (κ1) is 9.48. The Hall–Kier alpha value is -1.07. The molecule has 1 radical (unpaired) electrons. The van der Waals surface area contributed by atoms with Gasteiger partial charge in [0.25, 0.3) is 0 Å². The number of hydrazine groups is 1. The van der Waals surface area contributed by atoms with Gasteiger partial charge in [0.1, 0.15) is 0 Å². The van der Waals surface area contributed by atoms with Crippen LogP contribution < -0.4 is 10.7 Å². The molecular formula is C9H9BrN3O. The molecule has 0 aromatic heterocycles. The van der Waals surface area contributed by atoms with Crippen molar-refractivity contribution in [3.8, 4) is 0 Å². The lowest BCUT2D eigenvalue weighted by Crippen LogP contribution is -2.43. The topological polar surface area (TPSA) is 49.6 Å². The fourth-order valence-corrected chi connectivity index (χ4v) is 2.18. The molecule has 14 heavy (non-hydrogen) atoms. The Kier molecular flexibility index (Phi) is 2.20. The summed E-state index contributed by atoms with van der Waals surface area (Å²) in [4.78, 5) is 11.2. The van der Waals surface area contributed by atoms with E-state index < -0.39 is 6.03 Å². The smallest absolute Gasteiger partial charge is 0.334 e. The Morgan fingerprint density at radius 2 is 2.43 bits per heavy atom. The highest BCUT2D eigenvalue weighted by Crippen LogP contribution is 2.36. The molecule has 2 amide bonds. The molecule has 4 nitrogen and oxygen atoms in total. The first-order valence-corrected chi connectivity index (χ1v) is 4.90. The van der Waals surface area contributed by atoms with Crippen LogP contribution in [0.25, 0.3) is 0 Å². The quantitative estimate of drug-likeness (QED) is 0.763. The van der Waals surface area contributed by atoms with Gasteiger partial charge in [0.05, 0.1) is 10.2 Å². The van der Waals surface area contributed by atoms with Crippen molar-refractivity contribution in [2.75, 3.05) is 12.1 Å². The van der Waals surface area contributed by atoms with E-state index in [1.165, 1.54) is 5.01 Å². The van der Waals surface area contributed by atoms with Crippen LogP contribution in [0, 0.1) is 6.07 Å². The first-order chi connectivity index (χ1) is 6.61. The van der Waals surface area contributed by atoms with Gasteiger partial charge in [-0.2, -0.15) is 0 Å². The number of carbonyl (C=O) groups excluding carboxylic acids is 1. The summed E-state index contributed by atoms with van der Waals surface area (Å²) in [6.45, 7) is 0.686. The summed E-state index contributed by atoms with van der Waals surface area (Å²) in [6.07, 6.45) is 0. The van der Waals surface area contributed by atoms with Gasteiger partial charge in [0.15, 0.2) is 0 Å². The molecule has 2 rings (SSSR count). The van der Waals surface area contributed by atoms with Gasteiger partial charge in [-0.3, -0.25) is 0 Å². The zero-order chi connectivity index (χ0) is 10.3. The lowest BCUT2D eigenvalue weighted by Gasteiger charge is -2.22. The van der Waals surface area contributed by atoms with E-state index in [4.69, 9.17) is 5.73 Å². The van der Waals surface area contributed by atoms with E-state index in [1.807, 2.05) is 19.2 Å². The third-order valence-corrected chi connectivity index (χ3v) is 2.77. The number of rotatable bonds is 0. The maximum absolute atomic E-state index is 11.2. The maximum Gasteiger partial charge on any atom is 0.334 e. The molecule has 0 unspecified atom stereocenters. The Morgan fingerprint density at radius 1 is 1.71 bits per heavy atom. The van der Waals surface area contributed by atoms with Crippen LogP contribution in [0.3, 0.4) is 0 Å². The minimum absolute atomic E-state index is 0.480. The predicted octanol–water partition coefficient (Wildman–Crippen LogP) is 1.49. The second-order valence-electron chi connectivity index (χ2n) is 3.13. The van der Waals surface area contributed by atoms with Crippen molar-refractivity contribution in [3.05, 3.63) is 28.2 Å². The van der Waals surface area contributed by atoms with Crippen molar-refractivity contribution in [2.45, 2.75) is 6.54 Å². The number of halogens is 1. The monoisotopic (exact) mass is 254 g/mol. The van der Waals surface area contributed by atoms with Crippen molar-refractivity contribution < 1.29 is 4.79 Å². The van der Waals surface area contributed by atoms with E-state index in [0.29, 0.717) is 6.54 Å². The van der Waals surface area contributed by atoms with Crippen molar-refractivity contribution in [3.63, 3.8) is 0 Å². The highest BCUT2D eigenvalue weighted by atomic mass is 79.9. The molecule has 0 atom stereocenters. The van der Waals surface area contributed by atoms with Crippen LogP contribution in [-0.2, 0) is 6.54 Å². The third kappa shape index (κ3) is 1.29.